The van der Waals surface area contributed by atoms with Crippen molar-refractivity contribution in [2.24, 2.45) is 5.92 Å². The van der Waals surface area contributed by atoms with Crippen LogP contribution in [0.1, 0.15) is 25.0 Å². The van der Waals surface area contributed by atoms with E-state index in [9.17, 15) is 4.79 Å². The number of hydrogen-bond acceptors (Lipinski definition) is 5. The predicted octanol–water partition coefficient (Wildman–Crippen LogP) is 2.52. The number of ether oxygens (including phenoxy) is 3. The van der Waals surface area contributed by atoms with Crippen LogP contribution in [-0.4, -0.2) is 43.1 Å². The van der Waals surface area contributed by atoms with Crippen molar-refractivity contribution < 1.29 is 14.2 Å². The van der Waals surface area contributed by atoms with Gasteiger partial charge in [-0.1, -0.05) is 31.8 Å². The molecule has 1 aromatic heterocycles. The molecule has 0 unspecified atom stereocenters. The van der Waals surface area contributed by atoms with Gasteiger partial charge >= 0.3 is 5.69 Å². The maximum atomic E-state index is 12.0. The van der Waals surface area contributed by atoms with Crippen LogP contribution in [0.2, 0.25) is 0 Å². The van der Waals surface area contributed by atoms with Crippen molar-refractivity contribution >= 4 is 0 Å². The fourth-order valence-corrected chi connectivity index (χ4v) is 3.06. The first-order chi connectivity index (χ1) is 13.6. The monoisotopic (exact) mass is 382 g/mol. The lowest BCUT2D eigenvalue weighted by atomic mass is 9.95. The second kappa shape index (κ2) is 9.54. The minimum Gasteiger partial charge on any atom is -0.481 e. The van der Waals surface area contributed by atoms with E-state index in [1.54, 1.807) is 4.57 Å². The summed E-state index contributed by atoms with van der Waals surface area (Å²) < 4.78 is 16.7. The van der Waals surface area contributed by atoms with Crippen LogP contribution in [0.3, 0.4) is 0 Å². The van der Waals surface area contributed by atoms with E-state index in [4.69, 9.17) is 14.2 Å². The molecular weight excluding hydrogens is 356 g/mol. The molecule has 6 heteroatoms. The summed E-state index contributed by atoms with van der Waals surface area (Å²) in [4.78, 5) is 16.0. The summed E-state index contributed by atoms with van der Waals surface area (Å²) in [6, 6.07) is 7.97. The van der Waals surface area contributed by atoms with Gasteiger partial charge in [-0.3, -0.25) is 4.57 Å². The molecule has 2 aliphatic rings. The maximum Gasteiger partial charge on any atom is 0.351 e. The van der Waals surface area contributed by atoms with E-state index in [1.807, 2.05) is 18.2 Å². The Morgan fingerprint density at radius 1 is 1.14 bits per heavy atom. The molecule has 0 spiro atoms. The van der Waals surface area contributed by atoms with Crippen LogP contribution < -0.4 is 10.4 Å². The normalized spacial score (nSPS) is 14.7. The Kier molecular flexibility index (Phi) is 6.85. The number of aryl methyl sites for hydroxylation is 1. The van der Waals surface area contributed by atoms with Gasteiger partial charge in [0.2, 0.25) is 5.88 Å². The smallest absolute Gasteiger partial charge is 0.351 e. The Morgan fingerprint density at radius 3 is 2.46 bits per heavy atom. The predicted molar refractivity (Wildman–Crippen MR) is 108 cm³/mol. The molecule has 2 aromatic rings. The van der Waals surface area contributed by atoms with E-state index in [0.717, 1.165) is 49.7 Å². The molecule has 0 aliphatic carbocycles. The third-order valence-corrected chi connectivity index (χ3v) is 4.43. The summed E-state index contributed by atoms with van der Waals surface area (Å²) >= 11 is 0. The molecule has 148 valence electrons. The van der Waals surface area contributed by atoms with E-state index < -0.39 is 0 Å². The average molecular weight is 382 g/mol. The van der Waals surface area contributed by atoms with E-state index >= 15 is 0 Å². The minimum atomic E-state index is -0.260. The first-order valence-electron chi connectivity index (χ1n) is 9.54. The first-order valence-corrected chi connectivity index (χ1v) is 9.54. The number of fused-ring (bicyclic) bond motifs is 3. The van der Waals surface area contributed by atoms with Gasteiger partial charge in [0.1, 0.15) is 0 Å². The highest BCUT2D eigenvalue weighted by Crippen LogP contribution is 2.30. The lowest BCUT2D eigenvalue weighted by Crippen LogP contribution is -2.28. The zero-order valence-electron chi connectivity index (χ0n) is 16.7. The molecule has 1 saturated heterocycles. The fourth-order valence-electron chi connectivity index (χ4n) is 3.06. The standard InChI is InChI=1S/C18H18N2O2.C4H8O2/c1-12(2)4-5-13-6-7-15-14(10-13)8-9-20-16(15)11-17(22-3)19-18(20)21;1-2-6-4-3-5-1/h6-7,10-12H,8-9H2,1-3H3;1-4H2. The molecular formula is C22H26N2O4. The van der Waals surface area contributed by atoms with Gasteiger partial charge in [-0.25, -0.2) is 4.79 Å². The second-order valence-electron chi connectivity index (χ2n) is 6.89. The molecule has 0 saturated carbocycles. The first kappa shape index (κ1) is 20.1. The lowest BCUT2D eigenvalue weighted by Gasteiger charge is -2.21. The topological polar surface area (TPSA) is 62.6 Å². The summed E-state index contributed by atoms with van der Waals surface area (Å²) in [6.07, 6.45) is 0.813. The molecule has 4 rings (SSSR count). The zero-order valence-corrected chi connectivity index (χ0v) is 16.7. The highest BCUT2D eigenvalue weighted by atomic mass is 16.6. The van der Waals surface area contributed by atoms with E-state index in [0.29, 0.717) is 18.3 Å². The third-order valence-electron chi connectivity index (χ3n) is 4.43. The number of benzene rings is 1. The lowest BCUT2D eigenvalue weighted by molar-refractivity contribution is -0.0334. The Balaban J connectivity index is 0.000000320. The minimum absolute atomic E-state index is 0.260. The molecule has 28 heavy (non-hydrogen) atoms. The number of hydrogen-bond donors (Lipinski definition) is 0. The van der Waals surface area contributed by atoms with Crippen molar-refractivity contribution in [3.05, 3.63) is 45.9 Å². The van der Waals surface area contributed by atoms with Crippen LogP contribution >= 0.6 is 0 Å². The molecule has 1 fully saturated rings. The molecule has 1 aromatic carbocycles. The number of rotatable bonds is 1. The molecule has 0 N–H and O–H groups in total. The van der Waals surface area contributed by atoms with E-state index in [-0.39, 0.29) is 5.69 Å². The highest BCUT2D eigenvalue weighted by molar-refractivity contribution is 5.67. The van der Waals surface area contributed by atoms with Crippen molar-refractivity contribution in [2.75, 3.05) is 33.5 Å². The van der Waals surface area contributed by atoms with Gasteiger partial charge in [0.05, 0.1) is 39.2 Å². The van der Waals surface area contributed by atoms with Crippen molar-refractivity contribution in [1.82, 2.24) is 9.55 Å². The Bertz CT molecular complexity index is 922. The summed E-state index contributed by atoms with van der Waals surface area (Å²) in [5.74, 6) is 7.08. The Labute approximate surface area is 165 Å². The molecule has 0 amide bonds. The molecule has 2 aliphatic heterocycles. The Morgan fingerprint density at radius 2 is 1.86 bits per heavy atom. The van der Waals surface area contributed by atoms with Crippen LogP contribution in [0.25, 0.3) is 11.3 Å². The van der Waals surface area contributed by atoms with Gasteiger partial charge in [-0.15, -0.1) is 0 Å². The fraction of sp³-hybridized carbons (Fsp3) is 0.455. The van der Waals surface area contributed by atoms with Crippen LogP contribution in [0.5, 0.6) is 5.88 Å². The highest BCUT2D eigenvalue weighted by Gasteiger charge is 2.18. The zero-order chi connectivity index (χ0) is 19.9. The van der Waals surface area contributed by atoms with Crippen molar-refractivity contribution in [3.8, 4) is 29.0 Å². The number of methoxy groups -OCH3 is 1. The van der Waals surface area contributed by atoms with Gasteiger partial charge in [0, 0.05) is 29.7 Å². The summed E-state index contributed by atoms with van der Waals surface area (Å²) in [6.45, 7) is 7.90. The third kappa shape index (κ3) is 5.00. The molecule has 6 nitrogen and oxygen atoms in total. The van der Waals surface area contributed by atoms with E-state index in [2.05, 4.69) is 36.7 Å². The summed E-state index contributed by atoms with van der Waals surface area (Å²) in [7, 11) is 1.52. The maximum absolute atomic E-state index is 12.0. The quantitative estimate of drug-likeness (QED) is 0.709. The van der Waals surface area contributed by atoms with Gasteiger partial charge in [-0.2, -0.15) is 4.98 Å². The molecule has 0 radical (unpaired) electrons. The van der Waals surface area contributed by atoms with E-state index in [1.165, 1.54) is 12.7 Å². The molecule has 0 bridgehead atoms. The average Bonchev–Trinajstić information content (AvgIpc) is 2.73. The van der Waals surface area contributed by atoms with Gasteiger partial charge in [0.25, 0.3) is 0 Å². The van der Waals surface area contributed by atoms with Crippen molar-refractivity contribution in [3.63, 3.8) is 0 Å². The van der Waals surface area contributed by atoms with Gasteiger partial charge < -0.3 is 14.2 Å². The van der Waals surface area contributed by atoms with Crippen LogP contribution in [-0.2, 0) is 22.4 Å². The SMILES string of the molecule is C1COCCO1.COc1cc2n(c(=O)n1)CCc1cc(C#CC(C)C)ccc1-2. The van der Waals surface area contributed by atoms with Crippen LogP contribution in [0, 0.1) is 17.8 Å². The molecule has 0 atom stereocenters. The Hall–Kier alpha value is -2.62. The number of aromatic nitrogens is 2. The summed E-state index contributed by atoms with van der Waals surface area (Å²) in [5, 5.41) is 0. The molecule has 3 heterocycles. The largest absolute Gasteiger partial charge is 0.481 e. The van der Waals surface area contributed by atoms with Gasteiger partial charge in [0.15, 0.2) is 0 Å². The van der Waals surface area contributed by atoms with Crippen LogP contribution in [0.15, 0.2) is 29.1 Å². The van der Waals surface area contributed by atoms with Crippen molar-refractivity contribution in [2.45, 2.75) is 26.8 Å². The van der Waals surface area contributed by atoms with Crippen molar-refractivity contribution in [1.29, 1.82) is 0 Å². The second-order valence-corrected chi connectivity index (χ2v) is 6.89. The van der Waals surface area contributed by atoms with Gasteiger partial charge in [-0.05, 0) is 24.1 Å². The van der Waals surface area contributed by atoms with Crippen LogP contribution in [0.4, 0.5) is 0 Å². The summed E-state index contributed by atoms with van der Waals surface area (Å²) in [5.41, 5.74) is 3.89. The number of nitrogens with zero attached hydrogens (tertiary/aromatic N) is 2.